The van der Waals surface area contributed by atoms with Gasteiger partial charge in [-0.15, -0.1) is 0 Å². The number of esters is 1. The lowest BCUT2D eigenvalue weighted by Crippen LogP contribution is -2.43. The predicted molar refractivity (Wildman–Crippen MR) is 155 cm³/mol. The highest BCUT2D eigenvalue weighted by Gasteiger charge is 2.46. The first-order valence-electron chi connectivity index (χ1n) is 13.7. The molecule has 0 amide bonds. The van der Waals surface area contributed by atoms with E-state index in [0.717, 1.165) is 12.0 Å². The molecule has 1 aromatic heterocycles. The summed E-state index contributed by atoms with van der Waals surface area (Å²) in [5.74, 6) is -1.49. The topological polar surface area (TPSA) is 111 Å². The summed E-state index contributed by atoms with van der Waals surface area (Å²) in [5, 5.41) is 11.3. The molecule has 1 aliphatic rings. The summed E-state index contributed by atoms with van der Waals surface area (Å²) in [4.78, 5) is 17.6. The number of hydrogen-bond donors (Lipinski definition) is 2. The van der Waals surface area contributed by atoms with E-state index in [1.54, 1.807) is 41.9 Å². The molecule has 2 atom stereocenters. The molecule has 4 rings (SSSR count). The van der Waals surface area contributed by atoms with Crippen molar-refractivity contribution in [2.24, 2.45) is 12.5 Å². The molecule has 220 valence electrons. The average Bonchev–Trinajstić information content (AvgIpc) is 3.33. The van der Waals surface area contributed by atoms with Gasteiger partial charge >= 0.3 is 5.97 Å². The maximum atomic E-state index is 13.7. The standard InChI is InChI=1S/C31H38FN3O5S/c1-6-15-31(16-14-21-10-12-23(32)13-11-21)18-25(36)27(29(37)40-31)28(30(2,3)4)22-8-7-9-24(17-22)34-41(38,39)26-19-35(5)20-33-26/h7-13,17,19-20,28,34,36H,6,14-16,18H2,1-5H3/t28-,31+/m1/s1. The van der Waals surface area contributed by atoms with Crippen molar-refractivity contribution in [3.8, 4) is 0 Å². The van der Waals surface area contributed by atoms with Crippen molar-refractivity contribution in [2.45, 2.75) is 76.3 Å². The summed E-state index contributed by atoms with van der Waals surface area (Å²) < 4.78 is 49.4. The first-order valence-corrected chi connectivity index (χ1v) is 15.2. The SMILES string of the molecule is CCC[C@]1(CCc2ccc(F)cc2)CC(O)=C([C@@H](c2cccc(NS(=O)(=O)c3cn(C)cn3)c2)C(C)(C)C)C(=O)O1. The van der Waals surface area contributed by atoms with Crippen molar-refractivity contribution in [3.63, 3.8) is 0 Å². The van der Waals surface area contributed by atoms with Crippen LogP contribution in [0.15, 0.2) is 77.4 Å². The van der Waals surface area contributed by atoms with Crippen molar-refractivity contribution in [1.29, 1.82) is 0 Å². The van der Waals surface area contributed by atoms with Crippen LogP contribution >= 0.6 is 0 Å². The van der Waals surface area contributed by atoms with E-state index >= 15 is 0 Å². The number of nitrogens with one attached hydrogen (secondary N) is 1. The second-order valence-corrected chi connectivity index (χ2v) is 13.5. The third-order valence-electron chi connectivity index (χ3n) is 7.40. The summed E-state index contributed by atoms with van der Waals surface area (Å²) in [6.07, 6.45) is 5.36. The molecule has 0 radical (unpaired) electrons. The predicted octanol–water partition coefficient (Wildman–Crippen LogP) is 6.42. The maximum Gasteiger partial charge on any atom is 0.338 e. The van der Waals surface area contributed by atoms with Crippen LogP contribution in [0.3, 0.4) is 0 Å². The number of cyclic esters (lactones) is 1. The number of aromatic nitrogens is 2. The minimum absolute atomic E-state index is 0.0202. The highest BCUT2D eigenvalue weighted by molar-refractivity contribution is 7.92. The quantitative estimate of drug-likeness (QED) is 0.267. The molecule has 0 bridgehead atoms. The van der Waals surface area contributed by atoms with Gasteiger partial charge in [-0.3, -0.25) is 4.72 Å². The number of aliphatic hydroxyl groups is 1. The van der Waals surface area contributed by atoms with Gasteiger partial charge in [0.05, 0.1) is 11.9 Å². The van der Waals surface area contributed by atoms with Crippen LogP contribution in [0, 0.1) is 11.2 Å². The van der Waals surface area contributed by atoms with Crippen molar-refractivity contribution < 1.29 is 27.4 Å². The Balaban J connectivity index is 1.65. The van der Waals surface area contributed by atoms with Gasteiger partial charge in [-0.25, -0.2) is 14.2 Å². The van der Waals surface area contributed by atoms with Crippen molar-refractivity contribution in [1.82, 2.24) is 9.55 Å². The largest absolute Gasteiger partial charge is 0.512 e. The number of aliphatic hydroxyl groups excluding tert-OH is 1. The van der Waals surface area contributed by atoms with Crippen LogP contribution in [-0.2, 0) is 33.0 Å². The Kier molecular flexibility index (Phi) is 8.63. The summed E-state index contributed by atoms with van der Waals surface area (Å²) in [7, 11) is -2.24. The lowest BCUT2D eigenvalue weighted by molar-refractivity contribution is -0.161. The zero-order valence-electron chi connectivity index (χ0n) is 24.1. The number of imidazole rings is 1. The monoisotopic (exact) mass is 583 g/mol. The zero-order valence-corrected chi connectivity index (χ0v) is 25.0. The number of anilines is 1. The van der Waals surface area contributed by atoms with Gasteiger partial charge in [0.1, 0.15) is 17.2 Å². The number of aryl methyl sites for hydroxylation is 2. The van der Waals surface area contributed by atoms with E-state index in [9.17, 15) is 22.7 Å². The molecule has 3 aromatic rings. The summed E-state index contributed by atoms with van der Waals surface area (Å²) >= 11 is 0. The van der Waals surface area contributed by atoms with Gasteiger partial charge in [-0.2, -0.15) is 8.42 Å². The zero-order chi connectivity index (χ0) is 30.0. The van der Waals surface area contributed by atoms with E-state index in [-0.39, 0.29) is 28.6 Å². The molecular weight excluding hydrogens is 545 g/mol. The smallest absolute Gasteiger partial charge is 0.338 e. The summed E-state index contributed by atoms with van der Waals surface area (Å²) in [5.41, 5.74) is 0.661. The highest BCUT2D eigenvalue weighted by Crippen LogP contribution is 2.47. The number of carbonyl (C=O) groups is 1. The number of benzene rings is 2. The van der Waals surface area contributed by atoms with Gasteiger partial charge in [0.2, 0.25) is 0 Å². The third-order valence-corrected chi connectivity index (χ3v) is 8.67. The summed E-state index contributed by atoms with van der Waals surface area (Å²) in [6.45, 7) is 7.87. The van der Waals surface area contributed by atoms with Gasteiger partial charge < -0.3 is 14.4 Å². The molecule has 0 spiro atoms. The molecule has 1 aliphatic heterocycles. The van der Waals surface area contributed by atoms with Crippen molar-refractivity contribution >= 4 is 21.7 Å². The number of nitrogens with zero attached hydrogens (tertiary/aromatic N) is 2. The van der Waals surface area contributed by atoms with Crippen LogP contribution in [-0.4, -0.2) is 34.6 Å². The molecule has 0 fully saturated rings. The molecule has 41 heavy (non-hydrogen) atoms. The van der Waals surface area contributed by atoms with E-state index in [1.165, 1.54) is 24.7 Å². The number of hydrogen-bond acceptors (Lipinski definition) is 6. The Morgan fingerprint density at radius 1 is 1.17 bits per heavy atom. The molecule has 0 aliphatic carbocycles. The molecule has 0 saturated heterocycles. The minimum Gasteiger partial charge on any atom is -0.512 e. The molecule has 0 unspecified atom stereocenters. The highest BCUT2D eigenvalue weighted by atomic mass is 32.2. The molecule has 2 heterocycles. The maximum absolute atomic E-state index is 13.7. The fraction of sp³-hybridized carbons (Fsp3) is 0.419. The van der Waals surface area contributed by atoms with Crippen LogP contribution in [0.5, 0.6) is 0 Å². The number of sulfonamides is 1. The van der Waals surface area contributed by atoms with Gasteiger partial charge in [0.15, 0.2) is 5.03 Å². The molecule has 0 saturated carbocycles. The fourth-order valence-electron chi connectivity index (χ4n) is 5.59. The van der Waals surface area contributed by atoms with E-state index in [4.69, 9.17) is 4.74 Å². The van der Waals surface area contributed by atoms with Gasteiger partial charge in [-0.1, -0.05) is 58.4 Å². The Bertz CT molecular complexity index is 1540. The Morgan fingerprint density at radius 3 is 2.46 bits per heavy atom. The normalized spacial score (nSPS) is 18.7. The lowest BCUT2D eigenvalue weighted by Gasteiger charge is -2.41. The molecule has 10 heteroatoms. The van der Waals surface area contributed by atoms with Crippen molar-refractivity contribution in [2.75, 3.05) is 4.72 Å². The Hall–Kier alpha value is -3.66. The minimum atomic E-state index is -3.93. The molecule has 2 N–H and O–H groups in total. The lowest BCUT2D eigenvalue weighted by atomic mass is 9.70. The van der Waals surface area contributed by atoms with Gasteiger partial charge in [-0.05, 0) is 60.1 Å². The van der Waals surface area contributed by atoms with Crippen LogP contribution in [0.1, 0.15) is 70.4 Å². The molecular formula is C31H38FN3O5S. The Labute approximate surface area is 241 Å². The number of rotatable bonds is 10. The molecule has 2 aromatic carbocycles. The number of carbonyl (C=O) groups excluding carboxylic acids is 1. The van der Waals surface area contributed by atoms with E-state index in [0.29, 0.717) is 30.5 Å². The first kappa shape index (κ1) is 30.3. The Morgan fingerprint density at radius 2 is 1.88 bits per heavy atom. The summed E-state index contributed by atoms with van der Waals surface area (Å²) in [6, 6.07) is 13.1. The number of halogens is 1. The van der Waals surface area contributed by atoms with Crippen LogP contribution in [0.4, 0.5) is 10.1 Å². The van der Waals surface area contributed by atoms with Gasteiger partial charge in [0, 0.05) is 31.3 Å². The third kappa shape index (κ3) is 6.98. The van der Waals surface area contributed by atoms with Crippen molar-refractivity contribution in [3.05, 3.63) is 89.3 Å². The second kappa shape index (κ2) is 11.7. The van der Waals surface area contributed by atoms with Crippen LogP contribution in [0.2, 0.25) is 0 Å². The average molecular weight is 584 g/mol. The van der Waals surface area contributed by atoms with E-state index in [1.807, 2.05) is 33.8 Å². The van der Waals surface area contributed by atoms with Crippen LogP contribution < -0.4 is 4.72 Å². The van der Waals surface area contributed by atoms with E-state index < -0.39 is 32.9 Å². The fourth-order valence-corrected chi connectivity index (χ4v) is 6.62. The van der Waals surface area contributed by atoms with Crippen LogP contribution in [0.25, 0.3) is 0 Å². The van der Waals surface area contributed by atoms with Gasteiger partial charge in [0.25, 0.3) is 10.0 Å². The number of ether oxygens (including phenoxy) is 1. The molecule has 8 nitrogen and oxygen atoms in total. The van der Waals surface area contributed by atoms with E-state index in [2.05, 4.69) is 9.71 Å². The first-order chi connectivity index (χ1) is 19.2. The second-order valence-electron chi connectivity index (χ2n) is 11.9.